The molecule has 9 heterocycles. The minimum absolute atomic E-state index is 0.00828. The fourth-order valence-electron chi connectivity index (χ4n) is 16.0. The van der Waals surface area contributed by atoms with E-state index in [1.807, 2.05) is 170 Å². The van der Waals surface area contributed by atoms with Gasteiger partial charge in [-0.25, -0.2) is 29.9 Å². The zero-order valence-electron chi connectivity index (χ0n) is 56.5. The molecule has 0 amide bonds. The van der Waals surface area contributed by atoms with Gasteiger partial charge in [0.15, 0.2) is 23.3 Å². The van der Waals surface area contributed by atoms with Gasteiger partial charge in [0.25, 0.3) is 0 Å². The van der Waals surface area contributed by atoms with Gasteiger partial charge in [-0.2, -0.15) is 0 Å². The molecular weight excluding hydrogens is 1250 g/mol. The second-order valence-electron chi connectivity index (χ2n) is 28.2. The van der Waals surface area contributed by atoms with Crippen molar-refractivity contribution < 1.29 is 18.9 Å². The molecular formula is C68H42B24N8O4. The van der Waals surface area contributed by atoms with E-state index < -0.39 is 20.9 Å². The highest BCUT2D eigenvalue weighted by molar-refractivity contribution is 7.30. The molecule has 17 rings (SSSR count). The maximum atomic E-state index is 6.63. The average Bonchev–Trinajstić information content (AvgIpc) is 1.58. The second-order valence-corrected chi connectivity index (χ2v) is 28.2. The van der Waals surface area contributed by atoms with Gasteiger partial charge in [0.1, 0.15) is 68.6 Å². The van der Waals surface area contributed by atoms with Crippen molar-refractivity contribution in [3.63, 3.8) is 0 Å². The van der Waals surface area contributed by atoms with Crippen LogP contribution in [0, 0.1) is 0 Å². The van der Waals surface area contributed by atoms with Crippen LogP contribution in [0.5, 0.6) is 46.0 Å². The van der Waals surface area contributed by atoms with E-state index in [0.717, 1.165) is 22.3 Å². The van der Waals surface area contributed by atoms with Crippen molar-refractivity contribution in [2.45, 2.75) is 69.4 Å². The lowest BCUT2D eigenvalue weighted by atomic mass is 9.38. The molecule has 11 aromatic rings. The summed E-state index contributed by atoms with van der Waals surface area (Å²) in [5, 5.41) is 1.16. The van der Waals surface area contributed by atoms with E-state index >= 15 is 0 Å². The Balaban J connectivity index is 0.790. The first-order valence-corrected chi connectivity index (χ1v) is 34.5. The molecule has 104 heavy (non-hydrogen) atoms. The number of aromatic amines is 2. The molecule has 8 atom stereocenters. The molecule has 3 aromatic heterocycles. The van der Waals surface area contributed by atoms with Crippen LogP contribution >= 0.6 is 0 Å². The first-order valence-electron chi connectivity index (χ1n) is 34.5. The van der Waals surface area contributed by atoms with Crippen molar-refractivity contribution in [1.82, 2.24) is 39.9 Å². The molecule has 8 unspecified atom stereocenters. The van der Waals surface area contributed by atoms with E-state index in [4.69, 9.17) is 142 Å². The number of rotatable bonds is 24. The molecule has 4 saturated heterocycles. The van der Waals surface area contributed by atoms with Crippen LogP contribution in [0.2, 0.25) is 43.7 Å². The third kappa shape index (κ3) is 12.0. The lowest BCUT2D eigenvalue weighted by Crippen LogP contribution is -2.15. The standard InChI is InChI=1S/C68H42B24N8O4/c69-81-61-65(85-73,89(61)77)29-33-1-9-37(10-2-33)101-41-17-21-45-49(25-41)57-93-53(45)98-58-51-27-43(103-39-13-5-35(6-14-39)31-67(87-75)63(83-71)91(67)79)19-23-47(51)55(95-58)100-60-52-28-44(104-40-15-7-36(8-16-40)32-68(88-76)64(84-72)92(68)80)20-24-48(52)56(96-60)99-59-50-26-42(18-22-46(50)54(94-59)97-57)102-38-11-3-34(4-12-38)30-66(86-74)62(82-70)90(66)78/h1-28,61-64H,29-32H2,(H2,93,94,95,96,97,98,99,100)/i81+0,82+0,83+0,84+0,85+0,86+0,87+0,88+0,89+0,90+0,91+0,92+0. The van der Waals surface area contributed by atoms with Gasteiger partial charge in [-0.05, 0) is 169 Å². The summed E-state index contributed by atoms with van der Waals surface area (Å²) in [6.45, 7) is -0.626. The molecule has 0 aliphatic carbocycles. The number of H-pyrrole nitrogens is 2. The lowest BCUT2D eigenvalue weighted by molar-refractivity contribution is 0.482. The minimum Gasteiger partial charge on any atom is -0.457 e. The molecule has 2 N–H and O–H groups in total. The van der Waals surface area contributed by atoms with Gasteiger partial charge >= 0.3 is 0 Å². The normalized spacial score (nSPS) is 22.2. The second kappa shape index (κ2) is 27.0. The summed E-state index contributed by atoms with van der Waals surface area (Å²) >= 11 is 0. The fourth-order valence-corrected chi connectivity index (χ4v) is 16.0. The van der Waals surface area contributed by atoms with Crippen molar-refractivity contribution in [3.8, 4) is 91.5 Å². The van der Waals surface area contributed by atoms with Crippen molar-refractivity contribution in [1.29, 1.82) is 0 Å². The Morgan fingerprint density at radius 2 is 0.529 bits per heavy atom. The van der Waals surface area contributed by atoms with Crippen molar-refractivity contribution in [2.24, 2.45) is 0 Å². The van der Waals surface area contributed by atoms with E-state index in [0.29, 0.717) is 161 Å². The zero-order valence-corrected chi connectivity index (χ0v) is 56.5. The molecule has 450 valence electrons. The lowest BCUT2D eigenvalue weighted by Gasteiger charge is -2.17. The third-order valence-electron chi connectivity index (χ3n) is 22.5. The highest BCUT2D eigenvalue weighted by Crippen LogP contribution is 2.64. The maximum absolute atomic E-state index is 6.63. The molecule has 32 radical (unpaired) electrons. The SMILES string of the molecule is [B][11B]C1[11B]([B])C1([11B][B])Cc1ccc(Oc2ccc3c(c2)-c2nc-3nc3[nH]c(nc4nc(nc5[nH]c(n2)c2ccc(Oc6ccc(CC7([11B][B])[11B]([B])C7[11B][B])cc6)cc52)-c2ccc(Oc5ccc(CC6([11B][B])[11B]([B])C6[11B][B])cc5)cc2-4)c2ccc(Oc4ccc(CC5([11B][B])[11B]([B])C5[11B][B])cc4)cc32)cc1. The fraction of sp³-hybridized carbons (Fsp3) is 0.176. The maximum Gasteiger partial charge on any atom is 0.164 e. The molecule has 0 saturated carbocycles. The molecule has 0 spiro atoms. The first-order chi connectivity index (χ1) is 50.6. The number of nitrogens with one attached hydrogen (secondary N) is 2. The van der Waals surface area contributed by atoms with Crippen molar-refractivity contribution in [3.05, 3.63) is 192 Å². The van der Waals surface area contributed by atoms with Crippen LogP contribution in [0.15, 0.2) is 170 Å². The number of hydrogen-bond acceptors (Lipinski definition) is 10. The van der Waals surface area contributed by atoms with Gasteiger partial charge in [0.05, 0.1) is 55.1 Å². The summed E-state index contributed by atoms with van der Waals surface area (Å²) in [5.74, 6) is 6.02. The smallest absolute Gasteiger partial charge is 0.164 e. The summed E-state index contributed by atoms with van der Waals surface area (Å²) in [6.07, 6.45) is 2.52. The predicted octanol–water partition coefficient (Wildman–Crippen LogP) is 7.31. The van der Waals surface area contributed by atoms with Crippen LogP contribution in [0.25, 0.3) is 89.7 Å². The predicted molar refractivity (Wildman–Crippen MR) is 441 cm³/mol. The average molecular weight is 1300 g/mol. The first kappa shape index (κ1) is 69.0. The highest BCUT2D eigenvalue weighted by Gasteiger charge is 2.61. The van der Waals surface area contributed by atoms with Crippen LogP contribution in [-0.4, -0.2) is 216 Å². The topological polar surface area (TPSA) is 146 Å². The van der Waals surface area contributed by atoms with E-state index in [1.165, 1.54) is 0 Å². The van der Waals surface area contributed by atoms with E-state index in [9.17, 15) is 0 Å². The zero-order chi connectivity index (χ0) is 71.6. The van der Waals surface area contributed by atoms with Crippen LogP contribution < -0.4 is 18.9 Å². The summed E-state index contributed by atoms with van der Waals surface area (Å²) < 4.78 is 26.5. The summed E-state index contributed by atoms with van der Waals surface area (Å²) in [6, 6.07) is 54.5. The summed E-state index contributed by atoms with van der Waals surface area (Å²) in [4.78, 5) is 39.2. The Morgan fingerprint density at radius 1 is 0.288 bits per heavy atom. The molecule has 6 aliphatic rings. The molecule has 12 nitrogen and oxygen atoms in total. The number of nitrogens with zero attached hydrogens (tertiary/aromatic N) is 6. The van der Waals surface area contributed by atoms with E-state index in [2.05, 4.69) is 9.97 Å². The van der Waals surface area contributed by atoms with Crippen LogP contribution in [0.4, 0.5) is 0 Å². The number of ether oxygens (including phenoxy) is 4. The van der Waals surface area contributed by atoms with Crippen molar-refractivity contribution in [2.75, 3.05) is 0 Å². The van der Waals surface area contributed by atoms with Crippen LogP contribution in [0.1, 0.15) is 22.3 Å². The quantitative estimate of drug-likeness (QED) is 0.0592. The Kier molecular flexibility index (Phi) is 17.9. The van der Waals surface area contributed by atoms with E-state index in [-0.39, 0.29) is 49.3 Å². The van der Waals surface area contributed by atoms with Gasteiger partial charge in [0.2, 0.25) is 0 Å². The van der Waals surface area contributed by atoms with Gasteiger partial charge in [-0.1, -0.05) is 48.5 Å². The molecule has 8 bridgehead atoms. The van der Waals surface area contributed by atoms with Gasteiger partial charge < -0.3 is 28.9 Å². The third-order valence-corrected chi connectivity index (χ3v) is 22.5. The van der Waals surface area contributed by atoms with Gasteiger partial charge in [-0.3, -0.25) is 0 Å². The Labute approximate surface area is 628 Å². The van der Waals surface area contributed by atoms with Crippen LogP contribution in [-0.2, 0) is 25.7 Å². The molecule has 8 aromatic carbocycles. The Bertz CT molecular complexity index is 5040. The summed E-state index contributed by atoms with van der Waals surface area (Å²) in [7, 11) is 87.4. The largest absolute Gasteiger partial charge is 0.457 e. The number of fused-ring (bicyclic) bond motifs is 20. The minimum atomic E-state index is -0.409. The van der Waals surface area contributed by atoms with E-state index in [1.54, 1.807) is 57.4 Å². The Morgan fingerprint density at radius 3 is 0.788 bits per heavy atom. The molecule has 36 heteroatoms. The van der Waals surface area contributed by atoms with Gasteiger partial charge in [-0.15, -0.1) is 43.7 Å². The van der Waals surface area contributed by atoms with Gasteiger partial charge in [0, 0.05) is 165 Å². The highest BCUT2D eigenvalue weighted by atomic mass is 16.5. The molecule has 6 aliphatic heterocycles. The monoisotopic (exact) mass is 1300 g/mol. The number of aromatic nitrogens is 8. The number of benzene rings is 8. The summed E-state index contributed by atoms with van der Waals surface area (Å²) in [5.41, 5.74) is 8.59. The van der Waals surface area contributed by atoms with Crippen molar-refractivity contribution >= 4 is 221 Å². The van der Waals surface area contributed by atoms with Crippen LogP contribution in [0.3, 0.4) is 0 Å². The number of hydrogen-bond donors (Lipinski definition) is 2. The Hall–Kier alpha value is -8.12. The molecule has 4 fully saturated rings.